The fraction of sp³-hybridized carbons (Fsp3) is 0.393. The molecule has 0 aliphatic heterocycles. The van der Waals surface area contributed by atoms with Crippen LogP contribution in [0.4, 0.5) is 0 Å². The van der Waals surface area contributed by atoms with Crippen molar-refractivity contribution in [2.45, 2.75) is 138 Å². The van der Waals surface area contributed by atoms with Gasteiger partial charge < -0.3 is 24.8 Å². The maximum Gasteiger partial charge on any atom is 0.00178 e. The first-order valence-electron chi connectivity index (χ1n) is 21.4. The molecule has 0 saturated heterocycles. The Labute approximate surface area is 392 Å². The first-order chi connectivity index (χ1) is 26.7. The fourth-order valence-corrected chi connectivity index (χ4v) is 12.1. The summed E-state index contributed by atoms with van der Waals surface area (Å²) in [6, 6.07) is 30.2. The molecule has 316 valence electrons. The number of hydrogen-bond acceptors (Lipinski definition) is 0. The Bertz CT molecular complexity index is 2380. The second-order valence-corrected chi connectivity index (χ2v) is 27.9. The molecule has 1 atom stereocenters. The molecule has 5 aromatic rings. The number of benzene rings is 4. The van der Waals surface area contributed by atoms with E-state index in [9.17, 15) is 0 Å². The molecule has 0 radical (unpaired) electrons. The zero-order valence-corrected chi connectivity index (χ0v) is 44.5. The van der Waals surface area contributed by atoms with Crippen LogP contribution >= 0.6 is 0 Å². The van der Waals surface area contributed by atoms with E-state index in [0.29, 0.717) is 5.92 Å². The topological polar surface area (TPSA) is 0 Å². The van der Waals surface area contributed by atoms with Crippen molar-refractivity contribution in [3.63, 3.8) is 0 Å². The molecule has 60 heavy (non-hydrogen) atoms. The zero-order chi connectivity index (χ0) is 42.9. The van der Waals surface area contributed by atoms with Gasteiger partial charge in [-0.15, -0.1) is 39.7 Å². The summed E-state index contributed by atoms with van der Waals surface area (Å²) in [4.78, 5) is 0. The van der Waals surface area contributed by atoms with Crippen LogP contribution in [0.25, 0.3) is 32.7 Å². The summed E-state index contributed by atoms with van der Waals surface area (Å²) in [6.07, 6.45) is 10.6. The van der Waals surface area contributed by atoms with Gasteiger partial charge in [0, 0.05) is 10.8 Å². The maximum absolute atomic E-state index is 3.43. The molecule has 3 aliphatic rings. The van der Waals surface area contributed by atoms with Crippen LogP contribution in [0.5, 0.6) is 0 Å². The minimum atomic E-state index is -1.07. The summed E-state index contributed by atoms with van der Waals surface area (Å²) >= 11 is 1.46. The van der Waals surface area contributed by atoms with Crippen LogP contribution in [0, 0.1) is 12.0 Å². The Hall–Kier alpha value is -2.74. The van der Waals surface area contributed by atoms with E-state index in [1.165, 1.54) is 110 Å². The molecule has 0 nitrogen and oxygen atoms in total. The molecule has 4 heteroatoms. The molecule has 0 saturated carbocycles. The molecule has 0 aromatic heterocycles. The molecule has 0 fully saturated rings. The van der Waals surface area contributed by atoms with Crippen molar-refractivity contribution >= 4 is 44.0 Å². The van der Waals surface area contributed by atoms with Crippen molar-refractivity contribution in [1.29, 1.82) is 0 Å². The van der Waals surface area contributed by atoms with Gasteiger partial charge in [0.1, 0.15) is 0 Å². The Morgan fingerprint density at radius 1 is 0.633 bits per heavy atom. The molecule has 0 spiro atoms. The van der Waals surface area contributed by atoms with Crippen LogP contribution in [0.15, 0.2) is 108 Å². The van der Waals surface area contributed by atoms with Gasteiger partial charge in [0.05, 0.1) is 0 Å². The van der Waals surface area contributed by atoms with Crippen LogP contribution < -0.4 is 24.8 Å². The summed E-state index contributed by atoms with van der Waals surface area (Å²) in [5.74, 6) is 0.553. The average Bonchev–Trinajstić information content (AvgIpc) is 3.79. The first kappa shape index (κ1) is 49.9. The number of rotatable bonds is 3. The molecule has 5 aromatic carbocycles. The summed E-state index contributed by atoms with van der Waals surface area (Å²) in [5, 5.41) is 7.17. The second kappa shape index (κ2) is 17.8. The summed E-state index contributed by atoms with van der Waals surface area (Å²) < 4.78 is 1.42. The molecular formula is C56H68Cl2SiZr-2. The van der Waals surface area contributed by atoms with Crippen LogP contribution in [0.2, 0.25) is 19.6 Å². The monoisotopic (exact) mass is 928 g/mol. The van der Waals surface area contributed by atoms with Crippen molar-refractivity contribution in [2.24, 2.45) is 5.92 Å². The van der Waals surface area contributed by atoms with Crippen LogP contribution in [0.1, 0.15) is 141 Å². The predicted octanol–water partition coefficient (Wildman–Crippen LogP) is 9.70. The van der Waals surface area contributed by atoms with E-state index < -0.39 is 8.07 Å². The van der Waals surface area contributed by atoms with E-state index in [1.54, 1.807) is 5.20 Å². The van der Waals surface area contributed by atoms with Gasteiger partial charge >= 0.3 is 151 Å². The van der Waals surface area contributed by atoms with E-state index >= 15 is 0 Å². The minimum Gasteiger partial charge on any atom is -1.00 e. The Kier molecular flexibility index (Phi) is 14.8. The van der Waals surface area contributed by atoms with E-state index in [2.05, 4.69) is 220 Å². The largest absolute Gasteiger partial charge is 1.00 e. The Morgan fingerprint density at radius 2 is 1.00 bits per heavy atom. The van der Waals surface area contributed by atoms with Crippen molar-refractivity contribution in [1.82, 2.24) is 0 Å². The number of halogens is 2. The van der Waals surface area contributed by atoms with E-state index in [4.69, 9.17) is 0 Å². The fourth-order valence-electron chi connectivity index (χ4n) is 9.31. The molecule has 8 rings (SSSR count). The molecular weight excluding hydrogens is 863 g/mol. The number of fused-ring (bicyclic) bond motifs is 5. The minimum absolute atomic E-state index is 0. The SMILES string of the molecule is CC(C)(C)c1ccc([C](=[Zr+2])c2ccc(C(C)(C)C)cc2)cc1.CC1=CC(C)(C)c2cc3[cH-]c4cc5c(cc4c3cc21)C(C)=CC5(C)C.CC1=[C-]C(C)C=C1[Si](C)(C)C.[Cl-].[Cl-]. The van der Waals surface area contributed by atoms with E-state index in [0.717, 1.165) is 0 Å². The van der Waals surface area contributed by atoms with Gasteiger partial charge in [-0.1, -0.05) is 103 Å². The van der Waals surface area contributed by atoms with Gasteiger partial charge in [0.15, 0.2) is 0 Å². The van der Waals surface area contributed by atoms with Crippen LogP contribution in [-0.2, 0) is 45.9 Å². The number of hydrogen-bond donors (Lipinski definition) is 0. The Balaban J connectivity index is 0.000000209. The maximum atomic E-state index is 3.43. The number of allylic oxidation sites excluding steroid dienone is 8. The third kappa shape index (κ3) is 10.4. The van der Waals surface area contributed by atoms with Crippen molar-refractivity contribution < 1.29 is 49.0 Å². The predicted molar refractivity (Wildman–Crippen MR) is 257 cm³/mol. The summed E-state index contributed by atoms with van der Waals surface area (Å²) in [6.45, 7) is 38.9. The van der Waals surface area contributed by atoms with Gasteiger partial charge in [-0.05, 0) is 44.2 Å². The molecule has 3 aliphatic carbocycles. The smallest absolute Gasteiger partial charge is 0.00178 e. The van der Waals surface area contributed by atoms with E-state index in [-0.39, 0.29) is 46.5 Å². The van der Waals surface area contributed by atoms with Crippen molar-refractivity contribution in [3.8, 4) is 0 Å². The van der Waals surface area contributed by atoms with Gasteiger partial charge in [-0.2, -0.15) is 6.08 Å². The average molecular weight is 931 g/mol. The molecule has 0 bridgehead atoms. The van der Waals surface area contributed by atoms with Gasteiger partial charge in [-0.3, -0.25) is 6.08 Å². The summed E-state index contributed by atoms with van der Waals surface area (Å²) in [7, 11) is -1.07. The van der Waals surface area contributed by atoms with Crippen molar-refractivity contribution in [3.05, 3.63) is 158 Å². The van der Waals surface area contributed by atoms with E-state index in [1.807, 2.05) is 0 Å². The van der Waals surface area contributed by atoms with Crippen LogP contribution in [0.3, 0.4) is 0 Å². The second-order valence-electron chi connectivity index (χ2n) is 21.6. The van der Waals surface area contributed by atoms with Gasteiger partial charge in [0.2, 0.25) is 0 Å². The third-order valence-corrected chi connectivity index (χ3v) is 16.1. The molecule has 1 unspecified atom stereocenters. The molecule has 0 N–H and O–H groups in total. The molecule has 0 amide bonds. The summed E-state index contributed by atoms with van der Waals surface area (Å²) in [5.41, 5.74) is 16.2. The Morgan fingerprint density at radius 3 is 1.28 bits per heavy atom. The normalized spacial score (nSPS) is 17.4. The first-order valence-corrected chi connectivity index (χ1v) is 26.2. The van der Waals surface area contributed by atoms with Crippen molar-refractivity contribution in [2.75, 3.05) is 0 Å². The van der Waals surface area contributed by atoms with Gasteiger partial charge in [0.25, 0.3) is 0 Å². The standard InChI is InChI=1S/C25H25.C21H26.C10H17Si.2ClH.Zr/c1-14-12-24(3,4)22-8-16-7-17-9-23-19(15(2)13-25(23,5)6)11-21(17)20(16)10-18(14)22;1-20(2,3)18-11-7-16(8-12-18)15-17-9-13-19(14-10-17)21(4,5)6;1-8-6-9(2)10(7-8)11(3,4)5;;;/h7-13H,1-6H3;7-14H,1-6H3;7-8H,1-5H3;2*1H;/q-1;;-1;;;+2/p-2. The molecule has 0 heterocycles. The van der Waals surface area contributed by atoms with Gasteiger partial charge in [-0.25, -0.2) is 10.8 Å². The van der Waals surface area contributed by atoms with Crippen LogP contribution in [-0.4, -0.2) is 11.3 Å². The quantitative estimate of drug-likeness (QED) is 0.125. The zero-order valence-electron chi connectivity index (χ0n) is 39.6. The third-order valence-electron chi connectivity index (χ3n) is 12.5.